The monoisotopic (exact) mass is 207 g/mol. The molecule has 1 aromatic heterocycles. The number of aromatic nitrogens is 1. The molecule has 0 radical (unpaired) electrons. The summed E-state index contributed by atoms with van der Waals surface area (Å²) in [5.41, 5.74) is 1.90. The first-order valence-corrected chi connectivity index (χ1v) is 5.34. The SMILES string of the molecule is Cc1cc(N2CCCC2C)cc(=N)n1O. The smallest absolute Gasteiger partial charge is 0.162 e. The molecule has 1 unspecified atom stereocenters. The number of rotatable bonds is 1. The summed E-state index contributed by atoms with van der Waals surface area (Å²) in [6.45, 7) is 5.06. The Morgan fingerprint density at radius 2 is 2.20 bits per heavy atom. The first kappa shape index (κ1) is 10.1. The molecule has 2 N–H and O–H groups in total. The maximum Gasteiger partial charge on any atom is 0.162 e. The van der Waals surface area contributed by atoms with Gasteiger partial charge in [0.1, 0.15) is 0 Å². The highest BCUT2D eigenvalue weighted by molar-refractivity contribution is 5.48. The van der Waals surface area contributed by atoms with E-state index < -0.39 is 0 Å². The van der Waals surface area contributed by atoms with Gasteiger partial charge in [-0.3, -0.25) is 5.41 Å². The minimum absolute atomic E-state index is 0.143. The van der Waals surface area contributed by atoms with E-state index in [2.05, 4.69) is 11.8 Å². The van der Waals surface area contributed by atoms with E-state index in [0.717, 1.165) is 17.0 Å². The van der Waals surface area contributed by atoms with Crippen LogP contribution in [0.15, 0.2) is 12.1 Å². The van der Waals surface area contributed by atoms with E-state index >= 15 is 0 Å². The van der Waals surface area contributed by atoms with Crippen molar-refractivity contribution >= 4 is 5.69 Å². The lowest BCUT2D eigenvalue weighted by Crippen LogP contribution is -2.29. The largest absolute Gasteiger partial charge is 0.427 e. The maximum atomic E-state index is 9.45. The summed E-state index contributed by atoms with van der Waals surface area (Å²) in [5, 5.41) is 17.1. The van der Waals surface area contributed by atoms with E-state index in [1.54, 1.807) is 6.07 Å². The molecule has 82 valence electrons. The van der Waals surface area contributed by atoms with Gasteiger partial charge in [-0.15, -0.1) is 0 Å². The van der Waals surface area contributed by atoms with Gasteiger partial charge < -0.3 is 10.1 Å². The van der Waals surface area contributed by atoms with E-state index in [4.69, 9.17) is 5.41 Å². The zero-order valence-electron chi connectivity index (χ0n) is 9.20. The predicted molar refractivity (Wildman–Crippen MR) is 58.3 cm³/mol. The average Bonchev–Trinajstić information content (AvgIpc) is 2.60. The summed E-state index contributed by atoms with van der Waals surface area (Å²) in [4.78, 5) is 2.30. The molecule has 0 aliphatic carbocycles. The van der Waals surface area contributed by atoms with Gasteiger partial charge in [0.05, 0.1) is 5.69 Å². The molecule has 1 fully saturated rings. The fourth-order valence-electron chi connectivity index (χ4n) is 2.19. The fourth-order valence-corrected chi connectivity index (χ4v) is 2.19. The zero-order chi connectivity index (χ0) is 11.0. The molecule has 15 heavy (non-hydrogen) atoms. The Balaban J connectivity index is 2.41. The molecule has 0 bridgehead atoms. The van der Waals surface area contributed by atoms with E-state index in [1.165, 1.54) is 12.8 Å². The quantitative estimate of drug-likeness (QED) is 0.686. The van der Waals surface area contributed by atoms with Crippen LogP contribution in [-0.2, 0) is 0 Å². The second-order valence-corrected chi connectivity index (χ2v) is 4.24. The molecule has 1 atom stereocenters. The van der Waals surface area contributed by atoms with Gasteiger partial charge in [0.15, 0.2) is 5.49 Å². The van der Waals surface area contributed by atoms with Crippen LogP contribution in [0.25, 0.3) is 0 Å². The van der Waals surface area contributed by atoms with Crippen molar-refractivity contribution in [2.45, 2.75) is 32.7 Å². The van der Waals surface area contributed by atoms with Gasteiger partial charge in [-0.25, -0.2) is 0 Å². The third-order valence-corrected chi connectivity index (χ3v) is 3.09. The standard InChI is InChI=1S/C11H17N3O/c1-8-4-3-5-13(8)10-6-9(2)14(15)11(12)7-10/h6-8,12,15H,3-5H2,1-2H3. The van der Waals surface area contributed by atoms with Crippen molar-refractivity contribution in [3.8, 4) is 0 Å². The average molecular weight is 207 g/mol. The molecular formula is C11H17N3O. The minimum atomic E-state index is 0.143. The maximum absolute atomic E-state index is 9.45. The van der Waals surface area contributed by atoms with Gasteiger partial charge in [0.25, 0.3) is 0 Å². The Morgan fingerprint density at radius 1 is 1.47 bits per heavy atom. The van der Waals surface area contributed by atoms with Crippen molar-refractivity contribution in [2.75, 3.05) is 11.4 Å². The van der Waals surface area contributed by atoms with Crippen molar-refractivity contribution < 1.29 is 5.21 Å². The summed E-state index contributed by atoms with van der Waals surface area (Å²) in [7, 11) is 0. The van der Waals surface area contributed by atoms with Crippen LogP contribution in [0.2, 0.25) is 0 Å². The number of nitrogens with one attached hydrogen (secondary N) is 1. The number of pyridine rings is 1. The van der Waals surface area contributed by atoms with Gasteiger partial charge >= 0.3 is 0 Å². The molecule has 0 amide bonds. The minimum Gasteiger partial charge on any atom is -0.427 e. The summed E-state index contributed by atoms with van der Waals surface area (Å²) in [6, 6.07) is 4.19. The Hall–Kier alpha value is -1.45. The zero-order valence-corrected chi connectivity index (χ0v) is 9.20. The molecular weight excluding hydrogens is 190 g/mol. The number of nitrogens with zero attached hydrogens (tertiary/aromatic N) is 2. The fraction of sp³-hybridized carbons (Fsp3) is 0.545. The third-order valence-electron chi connectivity index (χ3n) is 3.09. The number of hydrogen-bond donors (Lipinski definition) is 2. The normalized spacial score (nSPS) is 20.9. The van der Waals surface area contributed by atoms with Crippen molar-refractivity contribution in [3.63, 3.8) is 0 Å². The molecule has 2 rings (SSSR count). The Kier molecular flexibility index (Phi) is 2.42. The van der Waals surface area contributed by atoms with Gasteiger partial charge in [0.2, 0.25) is 0 Å². The summed E-state index contributed by atoms with van der Waals surface area (Å²) >= 11 is 0. The van der Waals surface area contributed by atoms with Crippen LogP contribution in [0.5, 0.6) is 0 Å². The molecule has 2 heterocycles. The van der Waals surface area contributed by atoms with Crippen molar-refractivity contribution in [3.05, 3.63) is 23.3 Å². The highest BCUT2D eigenvalue weighted by Gasteiger charge is 2.20. The topological polar surface area (TPSA) is 52.2 Å². The highest BCUT2D eigenvalue weighted by atomic mass is 16.5. The Morgan fingerprint density at radius 3 is 2.73 bits per heavy atom. The Labute approximate surface area is 89.2 Å². The van der Waals surface area contributed by atoms with Gasteiger partial charge in [-0.2, -0.15) is 4.73 Å². The second kappa shape index (κ2) is 3.61. The highest BCUT2D eigenvalue weighted by Crippen LogP contribution is 2.24. The summed E-state index contributed by atoms with van der Waals surface area (Å²) in [5.74, 6) is 0. The van der Waals surface area contributed by atoms with Crippen molar-refractivity contribution in [2.24, 2.45) is 0 Å². The molecule has 0 spiro atoms. The van der Waals surface area contributed by atoms with Gasteiger partial charge in [0, 0.05) is 24.3 Å². The number of aryl methyl sites for hydroxylation is 1. The first-order chi connectivity index (χ1) is 7.09. The van der Waals surface area contributed by atoms with E-state index in [1.807, 2.05) is 13.0 Å². The van der Waals surface area contributed by atoms with Crippen LogP contribution >= 0.6 is 0 Å². The van der Waals surface area contributed by atoms with Gasteiger partial charge in [-0.05, 0) is 32.8 Å². The van der Waals surface area contributed by atoms with Crippen LogP contribution in [0, 0.1) is 12.3 Å². The summed E-state index contributed by atoms with van der Waals surface area (Å²) < 4.78 is 0.907. The number of hydrogen-bond acceptors (Lipinski definition) is 3. The van der Waals surface area contributed by atoms with Crippen LogP contribution < -0.4 is 10.4 Å². The number of anilines is 1. The summed E-state index contributed by atoms with van der Waals surface area (Å²) in [6.07, 6.45) is 2.42. The van der Waals surface area contributed by atoms with Crippen LogP contribution in [0.3, 0.4) is 0 Å². The molecule has 4 heteroatoms. The van der Waals surface area contributed by atoms with E-state index in [9.17, 15) is 5.21 Å². The van der Waals surface area contributed by atoms with Gasteiger partial charge in [-0.1, -0.05) is 0 Å². The second-order valence-electron chi connectivity index (χ2n) is 4.24. The lowest BCUT2D eigenvalue weighted by Gasteiger charge is -2.24. The molecule has 1 aliphatic rings. The van der Waals surface area contributed by atoms with Crippen molar-refractivity contribution in [1.82, 2.24) is 4.73 Å². The van der Waals surface area contributed by atoms with Crippen LogP contribution in [0.4, 0.5) is 5.69 Å². The lowest BCUT2D eigenvalue weighted by molar-refractivity contribution is 0.164. The third kappa shape index (κ3) is 1.71. The molecule has 0 aromatic carbocycles. The van der Waals surface area contributed by atoms with Crippen molar-refractivity contribution in [1.29, 1.82) is 5.41 Å². The molecule has 1 aromatic rings. The molecule has 0 saturated carbocycles. The lowest BCUT2D eigenvalue weighted by atomic mass is 10.2. The first-order valence-electron chi connectivity index (χ1n) is 5.34. The van der Waals surface area contributed by atoms with Crippen LogP contribution in [0.1, 0.15) is 25.5 Å². The molecule has 4 nitrogen and oxygen atoms in total. The molecule has 1 saturated heterocycles. The molecule has 1 aliphatic heterocycles. The van der Waals surface area contributed by atoms with E-state index in [0.29, 0.717) is 11.7 Å². The predicted octanol–water partition coefficient (Wildman–Crippen LogP) is 1.50. The van der Waals surface area contributed by atoms with E-state index in [-0.39, 0.29) is 5.49 Å². The Bertz CT molecular complexity index is 424. The van der Waals surface area contributed by atoms with Crippen LogP contribution in [-0.4, -0.2) is 22.5 Å².